The van der Waals surface area contributed by atoms with Crippen molar-refractivity contribution in [2.24, 2.45) is 5.92 Å². The fourth-order valence-corrected chi connectivity index (χ4v) is 2.47. The second kappa shape index (κ2) is 7.98. The summed E-state index contributed by atoms with van der Waals surface area (Å²) < 4.78 is 29.5. The van der Waals surface area contributed by atoms with Gasteiger partial charge in [0.15, 0.2) is 0 Å². The molecule has 1 aromatic heterocycles. The molecule has 1 saturated heterocycles. The monoisotopic (exact) mass is 314 g/mol. The summed E-state index contributed by atoms with van der Waals surface area (Å²) in [6.45, 7) is 1.64. The van der Waals surface area contributed by atoms with E-state index in [0.717, 1.165) is 12.8 Å². The summed E-state index contributed by atoms with van der Waals surface area (Å²) in [7, 11) is 1.47. The van der Waals surface area contributed by atoms with Gasteiger partial charge in [0.25, 0.3) is 12.3 Å². The van der Waals surface area contributed by atoms with Gasteiger partial charge in [0.05, 0.1) is 13.7 Å². The smallest absolute Gasteiger partial charge is 0.270 e. The highest BCUT2D eigenvalue weighted by Gasteiger charge is 2.22. The quantitative estimate of drug-likeness (QED) is 0.854. The number of ether oxygens (including phenoxy) is 1. The number of aromatic nitrogens is 2. The minimum atomic E-state index is -2.29. The highest BCUT2D eigenvalue weighted by atomic mass is 19.3. The zero-order valence-corrected chi connectivity index (χ0v) is 12.5. The number of carbonyl (C=O) groups excluding carboxylic acids is 1. The number of likely N-dealkylation sites (tertiary alicyclic amines) is 1. The topological polar surface area (TPSA) is 67.3 Å². The van der Waals surface area contributed by atoms with Crippen molar-refractivity contribution in [1.29, 1.82) is 0 Å². The van der Waals surface area contributed by atoms with Gasteiger partial charge >= 0.3 is 0 Å². The lowest BCUT2D eigenvalue weighted by Gasteiger charge is -2.31. The molecule has 1 N–H and O–H groups in total. The molecule has 0 radical (unpaired) electrons. The van der Waals surface area contributed by atoms with E-state index in [1.807, 2.05) is 0 Å². The minimum Gasteiger partial charge on any atom is -0.481 e. The third-order valence-corrected chi connectivity index (χ3v) is 3.74. The number of alkyl halides is 2. The molecule has 6 nitrogen and oxygen atoms in total. The number of rotatable bonds is 6. The van der Waals surface area contributed by atoms with Crippen LogP contribution in [0.4, 0.5) is 8.78 Å². The Morgan fingerprint density at radius 1 is 1.45 bits per heavy atom. The fraction of sp³-hybridized carbons (Fsp3) is 0.643. The highest BCUT2D eigenvalue weighted by molar-refractivity contribution is 5.92. The average molecular weight is 314 g/mol. The number of halogens is 2. The third kappa shape index (κ3) is 4.87. The summed E-state index contributed by atoms with van der Waals surface area (Å²) in [4.78, 5) is 21.5. The maximum atomic E-state index is 12.3. The van der Waals surface area contributed by atoms with Crippen LogP contribution in [0.15, 0.2) is 12.4 Å². The first kappa shape index (κ1) is 16.5. The molecule has 0 unspecified atom stereocenters. The Morgan fingerprint density at radius 2 is 2.18 bits per heavy atom. The van der Waals surface area contributed by atoms with Crippen LogP contribution < -0.4 is 10.1 Å². The van der Waals surface area contributed by atoms with E-state index in [0.29, 0.717) is 31.4 Å². The number of nitrogens with one attached hydrogen (secondary N) is 1. The van der Waals surface area contributed by atoms with Crippen molar-refractivity contribution in [1.82, 2.24) is 20.2 Å². The Morgan fingerprint density at radius 3 is 2.82 bits per heavy atom. The predicted octanol–water partition coefficient (Wildman–Crippen LogP) is 1.19. The maximum absolute atomic E-state index is 12.3. The third-order valence-electron chi connectivity index (χ3n) is 3.74. The number of amides is 1. The summed E-state index contributed by atoms with van der Waals surface area (Å²) in [5.74, 6) is 0.359. The van der Waals surface area contributed by atoms with E-state index in [2.05, 4.69) is 15.3 Å². The van der Waals surface area contributed by atoms with Crippen molar-refractivity contribution in [3.05, 3.63) is 18.1 Å². The zero-order chi connectivity index (χ0) is 15.9. The molecule has 0 saturated carbocycles. The number of hydrogen-bond acceptors (Lipinski definition) is 5. The van der Waals surface area contributed by atoms with E-state index in [9.17, 15) is 13.6 Å². The molecule has 0 atom stereocenters. The average Bonchev–Trinajstić information content (AvgIpc) is 2.53. The number of piperidine rings is 1. The molecule has 22 heavy (non-hydrogen) atoms. The van der Waals surface area contributed by atoms with E-state index in [1.54, 1.807) is 4.90 Å². The maximum Gasteiger partial charge on any atom is 0.270 e. The van der Waals surface area contributed by atoms with Gasteiger partial charge in [-0.05, 0) is 31.8 Å². The first-order chi connectivity index (χ1) is 10.6. The Hall–Kier alpha value is -1.83. The number of carbonyl (C=O) groups is 1. The van der Waals surface area contributed by atoms with Crippen molar-refractivity contribution >= 4 is 5.91 Å². The highest BCUT2D eigenvalue weighted by Crippen LogP contribution is 2.17. The van der Waals surface area contributed by atoms with Crippen LogP contribution in [0.25, 0.3) is 0 Å². The summed E-state index contributed by atoms with van der Waals surface area (Å²) in [6.07, 6.45) is 0.598. The largest absolute Gasteiger partial charge is 0.481 e. The van der Waals surface area contributed by atoms with Crippen LogP contribution in [0.5, 0.6) is 5.88 Å². The normalized spacial score (nSPS) is 16.7. The molecule has 1 aliphatic rings. The molecule has 0 aromatic carbocycles. The Labute approximate surface area is 127 Å². The van der Waals surface area contributed by atoms with Crippen LogP contribution in [0, 0.1) is 5.92 Å². The van der Waals surface area contributed by atoms with Crippen molar-refractivity contribution in [3.8, 4) is 5.88 Å². The van der Waals surface area contributed by atoms with E-state index < -0.39 is 6.43 Å². The van der Waals surface area contributed by atoms with Gasteiger partial charge in [-0.25, -0.2) is 18.7 Å². The molecule has 122 valence electrons. The zero-order valence-electron chi connectivity index (χ0n) is 12.5. The van der Waals surface area contributed by atoms with Crippen molar-refractivity contribution in [2.45, 2.75) is 19.3 Å². The van der Waals surface area contributed by atoms with Crippen molar-refractivity contribution in [2.75, 3.05) is 33.3 Å². The molecule has 0 bridgehead atoms. The van der Waals surface area contributed by atoms with Gasteiger partial charge < -0.3 is 10.1 Å². The molecule has 8 heteroatoms. The molecule has 2 rings (SSSR count). The van der Waals surface area contributed by atoms with Crippen LogP contribution in [-0.2, 0) is 0 Å². The second-order valence-corrected chi connectivity index (χ2v) is 5.29. The van der Waals surface area contributed by atoms with E-state index in [4.69, 9.17) is 4.74 Å². The Bertz CT molecular complexity index is 493. The van der Waals surface area contributed by atoms with Gasteiger partial charge in [0.2, 0.25) is 5.88 Å². The molecule has 0 aliphatic carbocycles. The van der Waals surface area contributed by atoms with Gasteiger partial charge in [-0.1, -0.05) is 0 Å². The van der Waals surface area contributed by atoms with Gasteiger partial charge in [0, 0.05) is 12.6 Å². The molecular weight excluding hydrogens is 294 g/mol. The summed E-state index contributed by atoms with van der Waals surface area (Å²) in [5, 5.41) is 2.82. The molecular formula is C14H20F2N4O2. The molecule has 2 heterocycles. The lowest BCUT2D eigenvalue weighted by molar-refractivity contribution is 0.0683. The Balaban J connectivity index is 1.75. The van der Waals surface area contributed by atoms with E-state index >= 15 is 0 Å². The molecule has 1 aliphatic heterocycles. The molecule has 1 aromatic rings. The van der Waals surface area contributed by atoms with Crippen LogP contribution in [-0.4, -0.2) is 60.5 Å². The fourth-order valence-electron chi connectivity index (χ4n) is 2.47. The predicted molar refractivity (Wildman–Crippen MR) is 76.1 cm³/mol. The minimum absolute atomic E-state index is 0.167. The second-order valence-electron chi connectivity index (χ2n) is 5.29. The lowest BCUT2D eigenvalue weighted by Crippen LogP contribution is -2.40. The van der Waals surface area contributed by atoms with Crippen molar-refractivity contribution in [3.63, 3.8) is 0 Å². The summed E-state index contributed by atoms with van der Waals surface area (Å²) in [5.41, 5.74) is 0.252. The van der Waals surface area contributed by atoms with E-state index in [1.165, 1.54) is 19.5 Å². The molecule has 0 spiro atoms. The SMILES string of the molecule is COc1cc(C(=O)NCC2CCN(CC(F)F)CC2)ncn1. The summed E-state index contributed by atoms with van der Waals surface area (Å²) in [6, 6.07) is 1.47. The van der Waals surface area contributed by atoms with Gasteiger partial charge in [0.1, 0.15) is 12.0 Å². The molecule has 1 fully saturated rings. The van der Waals surface area contributed by atoms with Gasteiger partial charge in [-0.2, -0.15) is 0 Å². The molecule has 1 amide bonds. The van der Waals surface area contributed by atoms with Crippen molar-refractivity contribution < 1.29 is 18.3 Å². The first-order valence-corrected chi connectivity index (χ1v) is 7.23. The van der Waals surface area contributed by atoms with Crippen LogP contribution in [0.2, 0.25) is 0 Å². The van der Waals surface area contributed by atoms with Crippen LogP contribution in [0.1, 0.15) is 23.3 Å². The summed E-state index contributed by atoms with van der Waals surface area (Å²) >= 11 is 0. The number of hydrogen-bond donors (Lipinski definition) is 1. The van der Waals surface area contributed by atoms with Gasteiger partial charge in [-0.15, -0.1) is 0 Å². The first-order valence-electron chi connectivity index (χ1n) is 7.23. The van der Waals surface area contributed by atoms with Crippen LogP contribution >= 0.6 is 0 Å². The van der Waals surface area contributed by atoms with Gasteiger partial charge in [-0.3, -0.25) is 9.69 Å². The standard InChI is InChI=1S/C14H20F2N4O2/c1-22-13-6-11(18-9-19-13)14(21)17-7-10-2-4-20(5-3-10)8-12(15)16/h6,9-10,12H,2-5,7-8H2,1H3,(H,17,21). The Kier molecular flexibility index (Phi) is 6.00. The lowest BCUT2D eigenvalue weighted by atomic mass is 9.97. The van der Waals surface area contributed by atoms with E-state index in [-0.39, 0.29) is 18.1 Å². The number of nitrogens with zero attached hydrogens (tertiary/aromatic N) is 3. The number of methoxy groups -OCH3 is 1. The van der Waals surface area contributed by atoms with Crippen LogP contribution in [0.3, 0.4) is 0 Å².